The summed E-state index contributed by atoms with van der Waals surface area (Å²) < 4.78 is 17.8. The minimum absolute atomic E-state index is 0.193. The second kappa shape index (κ2) is 11.4. The fourth-order valence-electron chi connectivity index (χ4n) is 2.33. The minimum atomic E-state index is -0.279. The fraction of sp³-hybridized carbons (Fsp3) is 0.300. The van der Waals surface area contributed by atoms with E-state index in [1.807, 2.05) is 0 Å². The molecule has 0 fully saturated rings. The number of benzene rings is 2. The van der Waals surface area contributed by atoms with Crippen molar-refractivity contribution in [1.29, 1.82) is 0 Å². The quantitative estimate of drug-likeness (QED) is 0.610. The Morgan fingerprint density at radius 1 is 1.11 bits per heavy atom. The molecule has 0 saturated carbocycles. The molecule has 27 heavy (non-hydrogen) atoms. The molecule has 0 aliphatic heterocycles. The van der Waals surface area contributed by atoms with Gasteiger partial charge < -0.3 is 15.4 Å². The molecule has 0 radical (unpaired) electrons. The summed E-state index contributed by atoms with van der Waals surface area (Å²) in [4.78, 5) is 24.5. The van der Waals surface area contributed by atoms with Gasteiger partial charge in [0.05, 0.1) is 17.0 Å². The molecule has 0 heterocycles. The van der Waals surface area contributed by atoms with Gasteiger partial charge in [-0.2, -0.15) is 0 Å². The monoisotopic (exact) mass is 390 g/mol. The summed E-state index contributed by atoms with van der Waals surface area (Å²) in [6, 6.07) is 13.1. The van der Waals surface area contributed by atoms with Crippen LogP contribution in [-0.4, -0.2) is 37.8 Å². The first-order valence-electron chi connectivity index (χ1n) is 8.58. The van der Waals surface area contributed by atoms with Crippen molar-refractivity contribution in [2.24, 2.45) is 0 Å². The first-order valence-corrected chi connectivity index (χ1v) is 9.74. The van der Waals surface area contributed by atoms with Crippen molar-refractivity contribution in [3.8, 4) is 0 Å². The molecule has 144 valence electrons. The van der Waals surface area contributed by atoms with E-state index in [0.717, 1.165) is 12.0 Å². The Morgan fingerprint density at radius 2 is 1.85 bits per heavy atom. The third-order valence-corrected chi connectivity index (χ3v) is 4.68. The maximum absolute atomic E-state index is 12.9. The van der Waals surface area contributed by atoms with Crippen molar-refractivity contribution in [1.82, 2.24) is 5.32 Å². The predicted octanol–water partition coefficient (Wildman–Crippen LogP) is 3.46. The highest BCUT2D eigenvalue weighted by Crippen LogP contribution is 2.17. The SMILES string of the molecule is COCCCNC(=O)c1ccccc1NC(=O)CSCc1ccc(F)cc1. The van der Waals surface area contributed by atoms with Gasteiger partial charge >= 0.3 is 0 Å². The van der Waals surface area contributed by atoms with Crippen LogP contribution in [0.3, 0.4) is 0 Å². The van der Waals surface area contributed by atoms with Gasteiger partial charge in [0, 0.05) is 26.0 Å². The second-order valence-electron chi connectivity index (χ2n) is 5.82. The number of anilines is 1. The second-order valence-corrected chi connectivity index (χ2v) is 6.80. The van der Waals surface area contributed by atoms with Gasteiger partial charge in [-0.1, -0.05) is 24.3 Å². The lowest BCUT2D eigenvalue weighted by molar-refractivity contribution is -0.113. The van der Waals surface area contributed by atoms with Crippen LogP contribution in [0.25, 0.3) is 0 Å². The molecule has 2 amide bonds. The maximum Gasteiger partial charge on any atom is 0.253 e. The molecule has 2 aromatic rings. The number of rotatable bonds is 10. The van der Waals surface area contributed by atoms with Gasteiger partial charge in [0.25, 0.3) is 5.91 Å². The topological polar surface area (TPSA) is 67.4 Å². The number of ether oxygens (including phenoxy) is 1. The van der Waals surface area contributed by atoms with Crippen molar-refractivity contribution in [3.05, 3.63) is 65.5 Å². The van der Waals surface area contributed by atoms with Crippen LogP contribution in [0.15, 0.2) is 48.5 Å². The average molecular weight is 390 g/mol. The first-order chi connectivity index (χ1) is 13.1. The molecule has 5 nitrogen and oxygen atoms in total. The zero-order chi connectivity index (χ0) is 19.5. The van der Waals surface area contributed by atoms with Gasteiger partial charge in [-0.25, -0.2) is 4.39 Å². The van der Waals surface area contributed by atoms with Crippen LogP contribution in [0.1, 0.15) is 22.3 Å². The Labute approximate surface area is 162 Å². The molecule has 0 aromatic heterocycles. The Balaban J connectivity index is 1.84. The Kier molecular flexibility index (Phi) is 8.80. The minimum Gasteiger partial charge on any atom is -0.385 e. The lowest BCUT2D eigenvalue weighted by atomic mass is 10.1. The van der Waals surface area contributed by atoms with Crippen LogP contribution in [-0.2, 0) is 15.3 Å². The van der Waals surface area contributed by atoms with Gasteiger partial charge in [0.15, 0.2) is 0 Å². The third kappa shape index (κ3) is 7.40. The van der Waals surface area contributed by atoms with Crippen LogP contribution in [0.2, 0.25) is 0 Å². The van der Waals surface area contributed by atoms with E-state index in [-0.39, 0.29) is 23.4 Å². The molecule has 2 N–H and O–H groups in total. The van der Waals surface area contributed by atoms with Crippen LogP contribution in [0, 0.1) is 5.82 Å². The standard InChI is InChI=1S/C20H23FN2O3S/c1-26-12-4-11-22-20(25)17-5-2-3-6-18(17)23-19(24)14-27-13-15-7-9-16(21)10-8-15/h2-3,5-10H,4,11-14H2,1H3,(H,22,25)(H,23,24). The zero-order valence-corrected chi connectivity index (χ0v) is 16.0. The smallest absolute Gasteiger partial charge is 0.253 e. The molecule has 0 unspecified atom stereocenters. The number of methoxy groups -OCH3 is 1. The Hall–Kier alpha value is -2.38. The van der Waals surface area contributed by atoms with Crippen molar-refractivity contribution >= 4 is 29.3 Å². The number of hydrogen-bond acceptors (Lipinski definition) is 4. The number of nitrogens with one attached hydrogen (secondary N) is 2. The highest BCUT2D eigenvalue weighted by molar-refractivity contribution is 7.99. The van der Waals surface area contributed by atoms with E-state index in [0.29, 0.717) is 30.2 Å². The van der Waals surface area contributed by atoms with E-state index >= 15 is 0 Å². The molecule has 0 atom stereocenters. The van der Waals surface area contributed by atoms with E-state index in [4.69, 9.17) is 4.74 Å². The van der Waals surface area contributed by atoms with Gasteiger partial charge in [-0.3, -0.25) is 9.59 Å². The van der Waals surface area contributed by atoms with Crippen LogP contribution < -0.4 is 10.6 Å². The molecule has 0 aliphatic carbocycles. The van der Waals surface area contributed by atoms with Crippen molar-refractivity contribution in [2.45, 2.75) is 12.2 Å². The molecular formula is C20H23FN2O3S. The van der Waals surface area contributed by atoms with E-state index < -0.39 is 0 Å². The molecule has 2 aromatic carbocycles. The average Bonchev–Trinajstić information content (AvgIpc) is 2.67. The molecule has 0 bridgehead atoms. The third-order valence-electron chi connectivity index (χ3n) is 3.67. The van der Waals surface area contributed by atoms with E-state index in [9.17, 15) is 14.0 Å². The number of amides is 2. The molecule has 0 aliphatic rings. The van der Waals surface area contributed by atoms with Gasteiger partial charge in [0.2, 0.25) is 5.91 Å². The number of halogens is 1. The van der Waals surface area contributed by atoms with Crippen LogP contribution in [0.5, 0.6) is 0 Å². The Morgan fingerprint density at radius 3 is 2.59 bits per heavy atom. The first kappa shape index (κ1) is 20.9. The molecule has 7 heteroatoms. The van der Waals surface area contributed by atoms with Gasteiger partial charge in [-0.05, 0) is 36.2 Å². The highest BCUT2D eigenvalue weighted by atomic mass is 32.2. The van der Waals surface area contributed by atoms with E-state index in [2.05, 4.69) is 10.6 Å². The molecular weight excluding hydrogens is 367 g/mol. The lowest BCUT2D eigenvalue weighted by Gasteiger charge is -2.11. The summed E-state index contributed by atoms with van der Waals surface area (Å²) in [7, 11) is 1.61. The lowest BCUT2D eigenvalue weighted by Crippen LogP contribution is -2.27. The van der Waals surface area contributed by atoms with E-state index in [1.54, 1.807) is 43.5 Å². The van der Waals surface area contributed by atoms with Gasteiger partial charge in [0.1, 0.15) is 5.82 Å². The summed E-state index contributed by atoms with van der Waals surface area (Å²) in [6.07, 6.45) is 0.719. The molecule has 2 rings (SSSR count). The summed E-state index contributed by atoms with van der Waals surface area (Å²) in [5.41, 5.74) is 1.85. The van der Waals surface area contributed by atoms with Crippen molar-refractivity contribution in [3.63, 3.8) is 0 Å². The summed E-state index contributed by atoms with van der Waals surface area (Å²) >= 11 is 1.42. The molecule has 0 saturated heterocycles. The number of thioether (sulfide) groups is 1. The van der Waals surface area contributed by atoms with Crippen molar-refractivity contribution < 1.29 is 18.7 Å². The fourth-order valence-corrected chi connectivity index (χ4v) is 3.12. The largest absolute Gasteiger partial charge is 0.385 e. The predicted molar refractivity (Wildman–Crippen MR) is 106 cm³/mol. The normalized spacial score (nSPS) is 10.4. The summed E-state index contributed by atoms with van der Waals surface area (Å²) in [5.74, 6) is 0.137. The van der Waals surface area contributed by atoms with Crippen molar-refractivity contribution in [2.75, 3.05) is 31.3 Å². The maximum atomic E-state index is 12.9. The van der Waals surface area contributed by atoms with Gasteiger partial charge in [-0.15, -0.1) is 11.8 Å². The van der Waals surface area contributed by atoms with Crippen LogP contribution >= 0.6 is 11.8 Å². The number of carbonyl (C=O) groups excluding carboxylic acids is 2. The number of hydrogen-bond donors (Lipinski definition) is 2. The number of carbonyl (C=O) groups is 2. The molecule has 0 spiro atoms. The highest BCUT2D eigenvalue weighted by Gasteiger charge is 2.12. The Bertz CT molecular complexity index is 753. The number of para-hydroxylation sites is 1. The van der Waals surface area contributed by atoms with Crippen LogP contribution in [0.4, 0.5) is 10.1 Å². The zero-order valence-electron chi connectivity index (χ0n) is 15.2. The summed E-state index contributed by atoms with van der Waals surface area (Å²) in [5, 5.41) is 5.59. The summed E-state index contributed by atoms with van der Waals surface area (Å²) in [6.45, 7) is 1.08. The van der Waals surface area contributed by atoms with E-state index in [1.165, 1.54) is 23.9 Å².